The lowest BCUT2D eigenvalue weighted by Gasteiger charge is -2.11. The summed E-state index contributed by atoms with van der Waals surface area (Å²) >= 11 is 10.4. The number of hydrogen-bond acceptors (Lipinski definition) is 6. The first-order valence-corrected chi connectivity index (χ1v) is 12.3. The van der Waals surface area contributed by atoms with E-state index < -0.39 is 5.91 Å². The summed E-state index contributed by atoms with van der Waals surface area (Å²) in [6, 6.07) is 9.51. The third-order valence-electron chi connectivity index (χ3n) is 4.54. The molecular formula is C22H26Br3N3O4. The average molecular weight is 636 g/mol. The molecule has 3 N–H and O–H groups in total. The highest BCUT2D eigenvalue weighted by atomic mass is 79.9. The molecule has 0 aliphatic rings. The van der Waals surface area contributed by atoms with E-state index in [1.54, 1.807) is 7.11 Å². The van der Waals surface area contributed by atoms with Crippen LogP contribution in [0.4, 0.5) is 0 Å². The van der Waals surface area contributed by atoms with Crippen LogP contribution >= 0.6 is 47.8 Å². The van der Waals surface area contributed by atoms with Gasteiger partial charge in [-0.25, -0.2) is 0 Å². The van der Waals surface area contributed by atoms with Crippen LogP contribution in [0.5, 0.6) is 11.5 Å². The van der Waals surface area contributed by atoms with Gasteiger partial charge in [0.25, 0.3) is 5.91 Å². The number of oxime groups is 1. The molecule has 0 unspecified atom stereocenters. The van der Waals surface area contributed by atoms with Gasteiger partial charge in [0.05, 0.1) is 27.1 Å². The van der Waals surface area contributed by atoms with Crippen molar-refractivity contribution in [3.05, 3.63) is 54.9 Å². The number of hydrogen-bond donors (Lipinski definition) is 3. The van der Waals surface area contributed by atoms with E-state index in [1.165, 1.54) is 0 Å². The normalized spacial score (nSPS) is 11.3. The van der Waals surface area contributed by atoms with Crippen LogP contribution in [0.25, 0.3) is 0 Å². The Morgan fingerprint density at radius 2 is 1.75 bits per heavy atom. The van der Waals surface area contributed by atoms with Crippen LogP contribution in [0.3, 0.4) is 0 Å². The van der Waals surface area contributed by atoms with Crippen molar-refractivity contribution >= 4 is 59.4 Å². The Bertz CT molecular complexity index is 931. The number of amides is 1. The van der Waals surface area contributed by atoms with Gasteiger partial charge in [-0.15, -0.1) is 0 Å². The molecule has 32 heavy (non-hydrogen) atoms. The van der Waals surface area contributed by atoms with Crippen LogP contribution < -0.4 is 20.1 Å². The second-order valence-corrected chi connectivity index (χ2v) is 9.46. The number of nitrogens with zero attached hydrogens (tertiary/aromatic N) is 1. The molecule has 0 saturated carbocycles. The molecule has 2 aromatic rings. The van der Waals surface area contributed by atoms with E-state index in [2.05, 4.69) is 63.6 Å². The number of nitrogens with one attached hydrogen (secondary N) is 2. The van der Waals surface area contributed by atoms with E-state index in [4.69, 9.17) is 9.47 Å². The Hall–Kier alpha value is -1.62. The Balaban J connectivity index is 1.88. The molecule has 0 spiro atoms. The van der Waals surface area contributed by atoms with Gasteiger partial charge < -0.3 is 25.3 Å². The van der Waals surface area contributed by atoms with Crippen molar-refractivity contribution in [3.8, 4) is 11.5 Å². The minimum Gasteiger partial charge on any atom is -0.494 e. The van der Waals surface area contributed by atoms with E-state index in [9.17, 15) is 10.0 Å². The van der Waals surface area contributed by atoms with Crippen molar-refractivity contribution in [2.24, 2.45) is 5.16 Å². The molecule has 0 radical (unpaired) electrons. The van der Waals surface area contributed by atoms with Crippen molar-refractivity contribution in [2.75, 3.05) is 33.9 Å². The van der Waals surface area contributed by atoms with Crippen LogP contribution in [0.15, 0.2) is 48.9 Å². The number of halogens is 3. The van der Waals surface area contributed by atoms with Gasteiger partial charge in [-0.2, -0.15) is 0 Å². The van der Waals surface area contributed by atoms with Crippen LogP contribution in [0.2, 0.25) is 0 Å². The minimum absolute atomic E-state index is 0.0282. The molecule has 0 atom stereocenters. The molecule has 7 nitrogen and oxygen atoms in total. The van der Waals surface area contributed by atoms with Crippen molar-refractivity contribution in [1.29, 1.82) is 0 Å². The lowest BCUT2D eigenvalue weighted by Crippen LogP contribution is -2.33. The summed E-state index contributed by atoms with van der Waals surface area (Å²) < 4.78 is 13.4. The quantitative estimate of drug-likeness (QED) is 0.136. The standard InChI is InChI=1S/C22H26Br3N3O4/c1-26-7-3-9-32-20-5-4-14(10-16(20)23)6-8-27-22(29)19(28-30)13-15-11-17(24)21(31-2)18(25)12-15/h4-5,10-12,26,30H,3,6-9,13H2,1-2H3,(H,27,29). The van der Waals surface area contributed by atoms with Crippen LogP contribution in [-0.4, -0.2) is 50.7 Å². The lowest BCUT2D eigenvalue weighted by atomic mass is 10.1. The van der Waals surface area contributed by atoms with Gasteiger partial charge in [0.1, 0.15) is 17.2 Å². The number of carbonyl (C=O) groups excluding carboxylic acids is 1. The van der Waals surface area contributed by atoms with Gasteiger partial charge >= 0.3 is 0 Å². The van der Waals surface area contributed by atoms with E-state index in [0.29, 0.717) is 25.3 Å². The monoisotopic (exact) mass is 633 g/mol. The number of carbonyl (C=O) groups is 1. The predicted molar refractivity (Wildman–Crippen MR) is 136 cm³/mol. The maximum atomic E-state index is 12.5. The molecule has 0 bridgehead atoms. The predicted octanol–water partition coefficient (Wildman–Crippen LogP) is 4.70. The van der Waals surface area contributed by atoms with Crippen molar-refractivity contribution in [1.82, 2.24) is 10.6 Å². The molecule has 0 aliphatic carbocycles. The van der Waals surface area contributed by atoms with Gasteiger partial charge in [0.2, 0.25) is 0 Å². The molecule has 0 heterocycles. The maximum absolute atomic E-state index is 12.5. The number of methoxy groups -OCH3 is 1. The average Bonchev–Trinajstić information content (AvgIpc) is 2.76. The highest BCUT2D eigenvalue weighted by Gasteiger charge is 2.15. The fourth-order valence-electron chi connectivity index (χ4n) is 2.93. The molecule has 2 aromatic carbocycles. The van der Waals surface area contributed by atoms with E-state index in [0.717, 1.165) is 43.3 Å². The molecule has 174 valence electrons. The zero-order valence-corrected chi connectivity index (χ0v) is 22.6. The first-order chi connectivity index (χ1) is 15.4. The summed E-state index contributed by atoms with van der Waals surface area (Å²) in [7, 11) is 3.49. The maximum Gasteiger partial charge on any atom is 0.269 e. The summed E-state index contributed by atoms with van der Waals surface area (Å²) in [5.41, 5.74) is 1.87. The van der Waals surface area contributed by atoms with Crippen molar-refractivity contribution < 1.29 is 19.5 Å². The lowest BCUT2D eigenvalue weighted by molar-refractivity contribution is -0.115. The molecular weight excluding hydrogens is 610 g/mol. The third kappa shape index (κ3) is 8.06. The van der Waals surface area contributed by atoms with Gasteiger partial charge in [-0.1, -0.05) is 11.2 Å². The first kappa shape index (κ1) is 26.6. The number of rotatable bonds is 12. The Kier molecular flexibility index (Phi) is 11.5. The van der Waals surface area contributed by atoms with Gasteiger partial charge in [-0.05, 0) is 110 Å². The molecule has 0 fully saturated rings. The van der Waals surface area contributed by atoms with E-state index in [-0.39, 0.29) is 12.1 Å². The summed E-state index contributed by atoms with van der Waals surface area (Å²) in [6.07, 6.45) is 1.73. The molecule has 0 saturated heterocycles. The fourth-order valence-corrected chi connectivity index (χ4v) is 5.08. The SMILES string of the molecule is CNCCCOc1ccc(CCNC(=O)C(Cc2cc(Br)c(OC)c(Br)c2)=NO)cc1Br. The zero-order chi connectivity index (χ0) is 23.5. The second-order valence-electron chi connectivity index (χ2n) is 6.89. The van der Waals surface area contributed by atoms with Gasteiger partial charge in [0.15, 0.2) is 0 Å². The van der Waals surface area contributed by atoms with Crippen LogP contribution in [-0.2, 0) is 17.6 Å². The molecule has 2 rings (SSSR count). The number of benzene rings is 2. The first-order valence-electron chi connectivity index (χ1n) is 9.96. The van der Waals surface area contributed by atoms with E-state index >= 15 is 0 Å². The Morgan fingerprint density at radius 1 is 1.06 bits per heavy atom. The van der Waals surface area contributed by atoms with Gasteiger partial charge in [-0.3, -0.25) is 4.79 Å². The Morgan fingerprint density at radius 3 is 2.34 bits per heavy atom. The summed E-state index contributed by atoms with van der Waals surface area (Å²) in [6.45, 7) is 1.95. The Labute approximate surface area is 213 Å². The van der Waals surface area contributed by atoms with Crippen molar-refractivity contribution in [3.63, 3.8) is 0 Å². The second kappa shape index (κ2) is 13.8. The number of ether oxygens (including phenoxy) is 2. The highest BCUT2D eigenvalue weighted by Crippen LogP contribution is 2.34. The van der Waals surface area contributed by atoms with E-state index in [1.807, 2.05) is 37.4 Å². The summed E-state index contributed by atoms with van der Waals surface area (Å²) in [5, 5.41) is 18.4. The smallest absolute Gasteiger partial charge is 0.269 e. The largest absolute Gasteiger partial charge is 0.494 e. The van der Waals surface area contributed by atoms with Crippen molar-refractivity contribution in [2.45, 2.75) is 19.3 Å². The van der Waals surface area contributed by atoms with Crippen LogP contribution in [0, 0.1) is 0 Å². The highest BCUT2D eigenvalue weighted by molar-refractivity contribution is 9.11. The molecule has 0 aliphatic heterocycles. The fraction of sp³-hybridized carbons (Fsp3) is 0.364. The molecule has 10 heteroatoms. The topological polar surface area (TPSA) is 92.2 Å². The van der Waals surface area contributed by atoms with Crippen LogP contribution in [0.1, 0.15) is 17.5 Å². The minimum atomic E-state index is -0.417. The summed E-state index contributed by atoms with van der Waals surface area (Å²) in [4.78, 5) is 12.5. The molecule has 1 amide bonds. The molecule has 0 aromatic heterocycles. The van der Waals surface area contributed by atoms with Gasteiger partial charge in [0, 0.05) is 13.0 Å². The zero-order valence-electron chi connectivity index (χ0n) is 17.9. The summed E-state index contributed by atoms with van der Waals surface area (Å²) in [5.74, 6) is 1.03. The third-order valence-corrected chi connectivity index (χ3v) is 6.34.